The lowest BCUT2D eigenvalue weighted by Crippen LogP contribution is -2.28. The number of thioether (sulfide) groups is 1. The second-order valence-electron chi connectivity index (χ2n) is 6.54. The van der Waals surface area contributed by atoms with Crippen molar-refractivity contribution in [1.82, 2.24) is 34.8 Å². The van der Waals surface area contributed by atoms with Gasteiger partial charge < -0.3 is 9.88 Å². The van der Waals surface area contributed by atoms with E-state index in [1.807, 2.05) is 53.3 Å². The molecule has 1 unspecified atom stereocenters. The molecule has 1 N–H and O–H groups in total. The first-order chi connectivity index (χ1) is 14.7. The maximum atomic E-state index is 12.5. The van der Waals surface area contributed by atoms with E-state index in [1.54, 1.807) is 22.3 Å². The van der Waals surface area contributed by atoms with Crippen LogP contribution >= 0.6 is 23.1 Å². The normalized spacial score (nSPS) is 12.1. The van der Waals surface area contributed by atoms with Crippen LogP contribution in [-0.4, -0.2) is 41.2 Å². The zero-order valence-electron chi connectivity index (χ0n) is 16.6. The Morgan fingerprint density at radius 2 is 2.07 bits per heavy atom. The topological polar surface area (TPSA) is 90.5 Å². The van der Waals surface area contributed by atoms with Crippen molar-refractivity contribution in [3.05, 3.63) is 60.0 Å². The number of rotatable bonds is 8. The summed E-state index contributed by atoms with van der Waals surface area (Å²) in [7, 11) is 0. The summed E-state index contributed by atoms with van der Waals surface area (Å²) in [6.07, 6.45) is 3.15. The van der Waals surface area contributed by atoms with Crippen LogP contribution in [0.25, 0.3) is 16.4 Å². The van der Waals surface area contributed by atoms with Crippen LogP contribution in [0.2, 0.25) is 0 Å². The van der Waals surface area contributed by atoms with Gasteiger partial charge in [0.2, 0.25) is 5.91 Å². The van der Waals surface area contributed by atoms with E-state index in [0.29, 0.717) is 0 Å². The largest absolute Gasteiger partial charge is 0.349 e. The fraction of sp³-hybridized carbons (Fsp3) is 0.250. The average molecular weight is 440 g/mol. The average Bonchev–Trinajstić information content (AvgIpc) is 3.53. The molecule has 1 amide bonds. The Balaban J connectivity index is 1.35. The maximum absolute atomic E-state index is 12.5. The number of hydrogen-bond donors (Lipinski definition) is 1. The Hall–Kier alpha value is -2.98. The number of benzene rings is 1. The van der Waals surface area contributed by atoms with Gasteiger partial charge in [0.05, 0.1) is 22.4 Å². The van der Waals surface area contributed by atoms with Gasteiger partial charge in [0.25, 0.3) is 0 Å². The van der Waals surface area contributed by atoms with E-state index in [4.69, 9.17) is 0 Å². The van der Waals surface area contributed by atoms with Crippen molar-refractivity contribution in [3.63, 3.8) is 0 Å². The molecule has 0 spiro atoms. The lowest BCUT2D eigenvalue weighted by Gasteiger charge is -2.15. The number of nitrogens with one attached hydrogen (secondary N) is 1. The molecule has 0 bridgehead atoms. The van der Waals surface area contributed by atoms with E-state index >= 15 is 0 Å². The summed E-state index contributed by atoms with van der Waals surface area (Å²) in [5, 5.41) is 18.5. The van der Waals surface area contributed by atoms with E-state index in [2.05, 4.69) is 32.5 Å². The van der Waals surface area contributed by atoms with E-state index in [1.165, 1.54) is 18.1 Å². The molecule has 1 aromatic carbocycles. The molecule has 1 atom stereocenters. The first kappa shape index (κ1) is 20.3. The van der Waals surface area contributed by atoms with Gasteiger partial charge in [-0.1, -0.05) is 30.0 Å². The number of carbonyl (C=O) groups is 1. The SMILES string of the molecule is CCn1c(SCC(=O)NC(C)c2ccc(-n3cncn3)cc2)nnc1-c1cccs1. The summed E-state index contributed by atoms with van der Waals surface area (Å²) in [5.41, 5.74) is 1.94. The van der Waals surface area contributed by atoms with Gasteiger partial charge in [-0.05, 0) is 43.0 Å². The summed E-state index contributed by atoms with van der Waals surface area (Å²) in [5.74, 6) is 1.08. The Kier molecular flexibility index (Phi) is 6.24. The molecule has 0 aliphatic rings. The van der Waals surface area contributed by atoms with Gasteiger partial charge in [-0.3, -0.25) is 4.79 Å². The van der Waals surface area contributed by atoms with Gasteiger partial charge in [-0.2, -0.15) is 5.10 Å². The van der Waals surface area contributed by atoms with Crippen LogP contribution < -0.4 is 5.32 Å². The number of aromatic nitrogens is 6. The highest BCUT2D eigenvalue weighted by molar-refractivity contribution is 7.99. The van der Waals surface area contributed by atoms with Crippen LogP contribution in [0.1, 0.15) is 25.5 Å². The molecule has 3 aromatic heterocycles. The molecule has 154 valence electrons. The summed E-state index contributed by atoms with van der Waals surface area (Å²) >= 11 is 3.03. The predicted molar refractivity (Wildman–Crippen MR) is 118 cm³/mol. The van der Waals surface area contributed by atoms with Crippen molar-refractivity contribution in [2.75, 3.05) is 5.75 Å². The van der Waals surface area contributed by atoms with Gasteiger partial charge in [0.1, 0.15) is 12.7 Å². The number of nitrogens with zero attached hydrogens (tertiary/aromatic N) is 6. The fourth-order valence-corrected chi connectivity index (χ4v) is 4.55. The summed E-state index contributed by atoms with van der Waals surface area (Å²) in [4.78, 5) is 17.5. The van der Waals surface area contributed by atoms with Crippen LogP contribution in [0.15, 0.2) is 59.6 Å². The van der Waals surface area contributed by atoms with Crippen molar-refractivity contribution >= 4 is 29.0 Å². The third-order valence-electron chi connectivity index (χ3n) is 4.56. The summed E-state index contributed by atoms with van der Waals surface area (Å²) < 4.78 is 3.73. The fourth-order valence-electron chi connectivity index (χ4n) is 3.02. The highest BCUT2D eigenvalue weighted by atomic mass is 32.2. The third kappa shape index (κ3) is 4.44. The third-order valence-corrected chi connectivity index (χ3v) is 6.39. The molecule has 0 radical (unpaired) electrons. The molecular weight excluding hydrogens is 418 g/mol. The first-order valence-corrected chi connectivity index (χ1v) is 11.4. The summed E-state index contributed by atoms with van der Waals surface area (Å²) in [6, 6.07) is 11.8. The Morgan fingerprint density at radius 1 is 1.23 bits per heavy atom. The molecule has 4 rings (SSSR count). The van der Waals surface area contributed by atoms with Gasteiger partial charge in [-0.15, -0.1) is 21.5 Å². The Morgan fingerprint density at radius 3 is 2.73 bits per heavy atom. The molecule has 0 saturated carbocycles. The monoisotopic (exact) mass is 439 g/mol. The number of carbonyl (C=O) groups excluding carboxylic acids is 1. The van der Waals surface area contributed by atoms with Gasteiger partial charge in [-0.25, -0.2) is 9.67 Å². The van der Waals surface area contributed by atoms with E-state index in [-0.39, 0.29) is 17.7 Å². The molecule has 0 saturated heterocycles. The predicted octanol–water partition coefficient (Wildman–Crippen LogP) is 3.58. The van der Waals surface area contributed by atoms with Crippen LogP contribution in [0.3, 0.4) is 0 Å². The highest BCUT2D eigenvalue weighted by Gasteiger charge is 2.16. The molecule has 4 aromatic rings. The lowest BCUT2D eigenvalue weighted by molar-refractivity contribution is -0.119. The van der Waals surface area contributed by atoms with Gasteiger partial charge in [0.15, 0.2) is 11.0 Å². The number of thiophene rings is 1. The molecule has 0 aliphatic carbocycles. The zero-order chi connectivity index (χ0) is 20.9. The molecule has 30 heavy (non-hydrogen) atoms. The van der Waals surface area contributed by atoms with Crippen molar-refractivity contribution < 1.29 is 4.79 Å². The minimum absolute atomic E-state index is 0.0452. The minimum Gasteiger partial charge on any atom is -0.349 e. The molecule has 10 heteroatoms. The smallest absolute Gasteiger partial charge is 0.230 e. The molecular formula is C20H21N7OS2. The quantitative estimate of drug-likeness (QED) is 0.422. The van der Waals surface area contributed by atoms with Crippen LogP contribution in [0.5, 0.6) is 0 Å². The van der Waals surface area contributed by atoms with Crippen molar-refractivity contribution in [2.24, 2.45) is 0 Å². The number of amides is 1. The van der Waals surface area contributed by atoms with Crippen LogP contribution in [0, 0.1) is 0 Å². The lowest BCUT2D eigenvalue weighted by atomic mass is 10.1. The first-order valence-electron chi connectivity index (χ1n) is 9.50. The van der Waals surface area contributed by atoms with Crippen LogP contribution in [-0.2, 0) is 11.3 Å². The van der Waals surface area contributed by atoms with Gasteiger partial charge in [0, 0.05) is 6.54 Å². The van der Waals surface area contributed by atoms with E-state index in [9.17, 15) is 4.79 Å². The molecule has 0 aliphatic heterocycles. The van der Waals surface area contributed by atoms with Gasteiger partial charge >= 0.3 is 0 Å². The summed E-state index contributed by atoms with van der Waals surface area (Å²) in [6.45, 7) is 4.77. The van der Waals surface area contributed by atoms with Crippen molar-refractivity contribution in [1.29, 1.82) is 0 Å². The van der Waals surface area contributed by atoms with Crippen LogP contribution in [0.4, 0.5) is 0 Å². The van der Waals surface area contributed by atoms with Crippen molar-refractivity contribution in [3.8, 4) is 16.4 Å². The Bertz CT molecular complexity index is 1090. The molecule has 3 heterocycles. The zero-order valence-corrected chi connectivity index (χ0v) is 18.2. The van der Waals surface area contributed by atoms with Crippen molar-refractivity contribution in [2.45, 2.75) is 31.6 Å². The Labute approximate surface area is 182 Å². The number of hydrogen-bond acceptors (Lipinski definition) is 7. The second kappa shape index (κ2) is 9.23. The molecule has 8 nitrogen and oxygen atoms in total. The second-order valence-corrected chi connectivity index (χ2v) is 8.43. The standard InChI is InChI=1S/C20H21N7OS2/c1-3-26-19(17-5-4-10-29-17)24-25-20(26)30-11-18(28)23-14(2)15-6-8-16(9-7-15)27-13-21-12-22-27/h4-10,12-14H,3,11H2,1-2H3,(H,23,28). The highest BCUT2D eigenvalue weighted by Crippen LogP contribution is 2.27. The maximum Gasteiger partial charge on any atom is 0.230 e. The molecule has 0 fully saturated rings. The van der Waals surface area contributed by atoms with E-state index in [0.717, 1.165) is 33.7 Å². The minimum atomic E-state index is -0.103. The van der Waals surface area contributed by atoms with E-state index < -0.39 is 0 Å².